The Morgan fingerprint density at radius 1 is 1.10 bits per heavy atom. The Labute approximate surface area is 166 Å². The lowest BCUT2D eigenvalue weighted by Gasteiger charge is -2.40. The lowest BCUT2D eigenvalue weighted by molar-refractivity contribution is 0.364. The number of nitrogens with one attached hydrogen (secondary N) is 2. The van der Waals surface area contributed by atoms with Crippen LogP contribution in [0.2, 0.25) is 5.02 Å². The van der Waals surface area contributed by atoms with E-state index in [0.717, 1.165) is 18.3 Å². The fraction of sp³-hybridized carbons (Fsp3) is 0. The summed E-state index contributed by atoms with van der Waals surface area (Å²) in [5.41, 5.74) is 0.742. The summed E-state index contributed by atoms with van der Waals surface area (Å²) in [6.07, 6.45) is 1.12. The van der Waals surface area contributed by atoms with E-state index in [1.165, 1.54) is 0 Å². The molecule has 152 valence electrons. The summed E-state index contributed by atoms with van der Waals surface area (Å²) in [6, 6.07) is 10.9. The second-order valence-corrected chi connectivity index (χ2v) is 8.68. The van der Waals surface area contributed by atoms with Gasteiger partial charge in [0.15, 0.2) is 11.6 Å². The number of H-pyrrole nitrogens is 1. The SMILES string of the molecule is N#Cc1c(Nc2cccc(Cl)c2)n[nH]c1/N=C/c1ccc(S(F)(F)(F)(F)F)cc1. The summed E-state index contributed by atoms with van der Waals surface area (Å²) < 4.78 is 63.7. The van der Waals surface area contributed by atoms with Crippen molar-refractivity contribution in [1.29, 1.82) is 5.26 Å². The Morgan fingerprint density at radius 3 is 2.38 bits per heavy atom. The number of nitriles is 1. The van der Waals surface area contributed by atoms with Crippen molar-refractivity contribution in [2.45, 2.75) is 4.90 Å². The Morgan fingerprint density at radius 2 is 1.79 bits per heavy atom. The number of rotatable bonds is 5. The van der Waals surface area contributed by atoms with Crippen molar-refractivity contribution in [1.82, 2.24) is 10.2 Å². The predicted octanol–water partition coefficient (Wildman–Crippen LogP) is 7.09. The molecule has 0 amide bonds. The maximum absolute atomic E-state index is 12.7. The van der Waals surface area contributed by atoms with Crippen molar-refractivity contribution in [3.8, 4) is 6.07 Å². The van der Waals surface area contributed by atoms with Crippen molar-refractivity contribution >= 4 is 45.4 Å². The first-order chi connectivity index (χ1) is 13.4. The molecule has 0 unspecified atom stereocenters. The number of nitrogens with zero attached hydrogens (tertiary/aromatic N) is 3. The minimum absolute atomic E-state index is 0.0359. The Bertz CT molecular complexity index is 1130. The number of hydrogen-bond donors (Lipinski definition) is 2. The fourth-order valence-electron chi connectivity index (χ4n) is 2.28. The average molecular weight is 448 g/mol. The molecule has 29 heavy (non-hydrogen) atoms. The van der Waals surface area contributed by atoms with Crippen LogP contribution in [0.1, 0.15) is 11.1 Å². The summed E-state index contributed by atoms with van der Waals surface area (Å²) in [7, 11) is -9.72. The van der Waals surface area contributed by atoms with E-state index in [4.69, 9.17) is 11.6 Å². The van der Waals surface area contributed by atoms with Gasteiger partial charge in [-0.1, -0.05) is 49.2 Å². The monoisotopic (exact) mass is 447 g/mol. The van der Waals surface area contributed by atoms with Gasteiger partial charge < -0.3 is 5.32 Å². The summed E-state index contributed by atoms with van der Waals surface area (Å²) >= 11 is 5.89. The summed E-state index contributed by atoms with van der Waals surface area (Å²) in [4.78, 5) is 1.97. The molecule has 0 saturated carbocycles. The lowest BCUT2D eigenvalue weighted by Crippen LogP contribution is -2.05. The molecule has 2 N–H and O–H groups in total. The molecule has 2 aromatic carbocycles. The van der Waals surface area contributed by atoms with Gasteiger partial charge >= 0.3 is 10.2 Å². The third-order valence-electron chi connectivity index (χ3n) is 3.61. The van der Waals surface area contributed by atoms with Gasteiger partial charge in [0.1, 0.15) is 16.5 Å². The molecule has 0 spiro atoms. The molecule has 0 fully saturated rings. The van der Waals surface area contributed by atoms with E-state index in [1.54, 1.807) is 24.3 Å². The highest BCUT2D eigenvalue weighted by molar-refractivity contribution is 8.45. The van der Waals surface area contributed by atoms with Crippen molar-refractivity contribution in [2.75, 3.05) is 5.32 Å². The van der Waals surface area contributed by atoms with Gasteiger partial charge in [-0.2, -0.15) is 10.4 Å². The molecular formula is C17H11ClF5N5S. The van der Waals surface area contributed by atoms with Crippen LogP contribution in [0.5, 0.6) is 0 Å². The topological polar surface area (TPSA) is 76.9 Å². The molecule has 1 heterocycles. The molecule has 0 radical (unpaired) electrons. The number of hydrogen-bond acceptors (Lipinski definition) is 4. The normalized spacial score (nSPS) is 14.2. The van der Waals surface area contributed by atoms with E-state index in [9.17, 15) is 24.7 Å². The molecule has 1 aromatic heterocycles. The molecule has 0 atom stereocenters. The molecule has 3 rings (SSSR count). The van der Waals surface area contributed by atoms with Gasteiger partial charge in [0.2, 0.25) is 0 Å². The first-order valence-corrected chi connectivity index (χ1v) is 10.1. The Balaban J connectivity index is 1.83. The summed E-state index contributed by atoms with van der Waals surface area (Å²) in [6.45, 7) is 0. The zero-order chi connectivity index (χ0) is 21.3. The minimum atomic E-state index is -9.72. The molecule has 0 bridgehead atoms. The molecular weight excluding hydrogens is 437 g/mol. The summed E-state index contributed by atoms with van der Waals surface area (Å²) in [5, 5.41) is 19.2. The number of aliphatic imine (C=N–C) groups is 1. The quantitative estimate of drug-likeness (QED) is 0.324. The van der Waals surface area contributed by atoms with Crippen LogP contribution < -0.4 is 5.32 Å². The third-order valence-corrected chi connectivity index (χ3v) is 5.01. The largest absolute Gasteiger partial charge is 0.338 e. The van der Waals surface area contributed by atoms with Gasteiger partial charge in [-0.3, -0.25) is 5.10 Å². The second kappa shape index (κ2) is 6.47. The fourth-order valence-corrected chi connectivity index (χ4v) is 3.12. The van der Waals surface area contributed by atoms with Crippen LogP contribution in [0.15, 0.2) is 58.4 Å². The van der Waals surface area contributed by atoms with E-state index >= 15 is 0 Å². The van der Waals surface area contributed by atoms with Gasteiger partial charge in [0, 0.05) is 16.9 Å². The minimum Gasteiger partial charge on any atom is -0.338 e. The smallest absolute Gasteiger partial charge is 0.310 e. The maximum Gasteiger partial charge on any atom is 0.310 e. The number of aromatic amines is 1. The van der Waals surface area contributed by atoms with Crippen LogP contribution in [0, 0.1) is 11.3 Å². The zero-order valence-electron chi connectivity index (χ0n) is 14.2. The number of anilines is 2. The van der Waals surface area contributed by atoms with Crippen LogP contribution in [0.25, 0.3) is 0 Å². The van der Waals surface area contributed by atoms with Gasteiger partial charge in [-0.25, -0.2) is 4.99 Å². The van der Waals surface area contributed by atoms with E-state index in [2.05, 4.69) is 20.5 Å². The van der Waals surface area contributed by atoms with Crippen LogP contribution in [-0.4, -0.2) is 16.4 Å². The number of benzene rings is 2. The van der Waals surface area contributed by atoms with Crippen molar-refractivity contribution in [3.63, 3.8) is 0 Å². The molecule has 0 aliphatic carbocycles. The van der Waals surface area contributed by atoms with Gasteiger partial charge in [0.05, 0.1) is 0 Å². The van der Waals surface area contributed by atoms with Crippen molar-refractivity contribution < 1.29 is 19.4 Å². The third kappa shape index (κ3) is 5.04. The zero-order valence-corrected chi connectivity index (χ0v) is 15.8. The van der Waals surface area contributed by atoms with Gasteiger partial charge in [0.25, 0.3) is 0 Å². The Kier molecular flexibility index (Phi) is 4.60. The maximum atomic E-state index is 12.7. The molecule has 0 aliphatic rings. The standard InChI is InChI=1S/C17H11ClF5N5S/c18-12-2-1-3-13(8-12)26-17-15(9-24)16(27-28-17)25-10-11-4-6-14(7-5-11)29(19,20,21,22)23/h1-8,10H,(H2,26,27,28)/b25-10+. The first kappa shape index (κ1) is 20.6. The van der Waals surface area contributed by atoms with Crippen molar-refractivity contribution in [3.05, 3.63) is 64.7 Å². The molecule has 0 aliphatic heterocycles. The highest BCUT2D eigenvalue weighted by Crippen LogP contribution is 3.02. The van der Waals surface area contributed by atoms with Crippen LogP contribution in [0.4, 0.5) is 36.8 Å². The predicted molar refractivity (Wildman–Crippen MR) is 103 cm³/mol. The van der Waals surface area contributed by atoms with Crippen molar-refractivity contribution in [2.24, 2.45) is 4.99 Å². The molecule has 3 aromatic rings. The molecule has 12 heteroatoms. The number of aromatic nitrogens is 2. The average Bonchev–Trinajstić information content (AvgIpc) is 3.00. The molecule has 5 nitrogen and oxygen atoms in total. The summed E-state index contributed by atoms with van der Waals surface area (Å²) in [5.74, 6) is 0.201. The second-order valence-electron chi connectivity index (χ2n) is 5.84. The van der Waals surface area contributed by atoms with Crippen LogP contribution in [-0.2, 0) is 0 Å². The first-order valence-electron chi connectivity index (χ1n) is 7.75. The Hall–Kier alpha value is -3.10. The number of halogens is 6. The highest BCUT2D eigenvalue weighted by Gasteiger charge is 2.65. The van der Waals surface area contributed by atoms with E-state index in [-0.39, 0.29) is 34.9 Å². The van der Waals surface area contributed by atoms with E-state index < -0.39 is 15.1 Å². The van der Waals surface area contributed by atoms with Crippen LogP contribution in [0.3, 0.4) is 0 Å². The van der Waals surface area contributed by atoms with E-state index in [1.807, 2.05) is 6.07 Å². The van der Waals surface area contributed by atoms with Gasteiger partial charge in [-0.05, 0) is 35.9 Å². The molecule has 0 saturated heterocycles. The highest BCUT2D eigenvalue weighted by atomic mass is 35.5. The van der Waals surface area contributed by atoms with Crippen LogP contribution >= 0.6 is 21.8 Å². The van der Waals surface area contributed by atoms with E-state index in [0.29, 0.717) is 10.7 Å². The van der Waals surface area contributed by atoms with Gasteiger partial charge in [-0.15, -0.1) is 0 Å². The lowest BCUT2D eigenvalue weighted by atomic mass is 10.2.